The van der Waals surface area contributed by atoms with E-state index in [1.807, 2.05) is 55.5 Å². The molecule has 0 spiro atoms. The number of nitrogens with zero attached hydrogens (tertiary/aromatic N) is 3. The fourth-order valence-corrected chi connectivity index (χ4v) is 4.71. The van der Waals surface area contributed by atoms with E-state index < -0.39 is 0 Å². The van der Waals surface area contributed by atoms with Crippen LogP contribution < -0.4 is 14.8 Å². The summed E-state index contributed by atoms with van der Waals surface area (Å²) >= 11 is 6.24. The molecule has 0 saturated carbocycles. The van der Waals surface area contributed by atoms with Gasteiger partial charge in [0.1, 0.15) is 0 Å². The first-order valence-electron chi connectivity index (χ1n) is 12.5. The lowest BCUT2D eigenvalue weighted by molar-refractivity contribution is -0.121. The first-order chi connectivity index (χ1) is 18.5. The number of aryl methyl sites for hydroxylation is 1. The van der Waals surface area contributed by atoms with Gasteiger partial charge in [0, 0.05) is 16.5 Å². The van der Waals surface area contributed by atoms with Gasteiger partial charge in [-0.05, 0) is 68.8 Å². The molecule has 1 saturated heterocycles. The summed E-state index contributed by atoms with van der Waals surface area (Å²) in [7, 11) is 1.58. The van der Waals surface area contributed by atoms with Crippen LogP contribution in [0.15, 0.2) is 71.3 Å². The third-order valence-corrected chi connectivity index (χ3v) is 6.89. The standard InChI is InChI=1S/C29H29ClN4O4/c1-19-7-3-4-8-22(19)28-32-27(38-33-28)18-34-15-13-20(14-16-34)29(35)31-23-17-21(30)11-12-24(23)37-26-10-6-5-9-25(26)36-2/h3-12,17,20H,13-16,18H2,1-2H3,(H,31,35). The average Bonchev–Trinajstić information content (AvgIpc) is 3.39. The first kappa shape index (κ1) is 25.8. The van der Waals surface area contributed by atoms with Crippen molar-refractivity contribution in [2.45, 2.75) is 26.3 Å². The Balaban J connectivity index is 1.19. The zero-order valence-corrected chi connectivity index (χ0v) is 22.1. The number of carbonyl (C=O) groups excluding carboxylic acids is 1. The number of halogens is 1. The van der Waals surface area contributed by atoms with Crippen molar-refractivity contribution in [1.29, 1.82) is 0 Å². The molecule has 1 aliphatic rings. The van der Waals surface area contributed by atoms with E-state index in [9.17, 15) is 4.79 Å². The predicted octanol–water partition coefficient (Wildman–Crippen LogP) is 6.35. The third-order valence-electron chi connectivity index (χ3n) is 6.66. The van der Waals surface area contributed by atoms with E-state index in [1.54, 1.807) is 25.3 Å². The maximum Gasteiger partial charge on any atom is 0.241 e. The third kappa shape index (κ3) is 5.98. The molecule has 196 valence electrons. The number of hydrogen-bond donors (Lipinski definition) is 1. The molecule has 1 fully saturated rings. The van der Waals surface area contributed by atoms with Crippen molar-refractivity contribution in [3.05, 3.63) is 83.2 Å². The fraction of sp³-hybridized carbons (Fsp3) is 0.276. The molecule has 0 atom stereocenters. The SMILES string of the molecule is COc1ccccc1Oc1ccc(Cl)cc1NC(=O)C1CCN(Cc2nc(-c3ccccc3C)no2)CC1. The van der Waals surface area contributed by atoms with Gasteiger partial charge in [0.2, 0.25) is 17.6 Å². The van der Waals surface area contributed by atoms with Gasteiger partial charge >= 0.3 is 0 Å². The van der Waals surface area contributed by atoms with Crippen LogP contribution in [0, 0.1) is 12.8 Å². The van der Waals surface area contributed by atoms with Crippen molar-refractivity contribution in [2.24, 2.45) is 5.92 Å². The monoisotopic (exact) mass is 532 g/mol. The summed E-state index contributed by atoms with van der Waals surface area (Å²) in [4.78, 5) is 20.0. The summed E-state index contributed by atoms with van der Waals surface area (Å²) in [6, 6.07) is 20.5. The second kappa shape index (κ2) is 11.7. The zero-order valence-electron chi connectivity index (χ0n) is 21.3. The lowest BCUT2D eigenvalue weighted by atomic mass is 9.96. The van der Waals surface area contributed by atoms with E-state index in [2.05, 4.69) is 20.4 Å². The van der Waals surface area contributed by atoms with Gasteiger partial charge in [-0.2, -0.15) is 4.98 Å². The molecule has 0 bridgehead atoms. The van der Waals surface area contributed by atoms with Crippen LogP contribution in [-0.4, -0.2) is 41.1 Å². The Bertz CT molecular complexity index is 1420. The number of nitrogens with one attached hydrogen (secondary N) is 1. The van der Waals surface area contributed by atoms with Crippen LogP contribution in [0.3, 0.4) is 0 Å². The zero-order chi connectivity index (χ0) is 26.5. The van der Waals surface area contributed by atoms with Crippen LogP contribution in [-0.2, 0) is 11.3 Å². The fourth-order valence-electron chi connectivity index (χ4n) is 4.54. The summed E-state index contributed by atoms with van der Waals surface area (Å²) in [5, 5.41) is 7.68. The number of aromatic nitrogens is 2. The van der Waals surface area contributed by atoms with Gasteiger partial charge in [0.25, 0.3) is 0 Å². The minimum Gasteiger partial charge on any atom is -0.493 e. The lowest BCUT2D eigenvalue weighted by Crippen LogP contribution is -2.37. The number of likely N-dealkylation sites (tertiary alicyclic amines) is 1. The Morgan fingerprint density at radius 1 is 1.05 bits per heavy atom. The Hall–Kier alpha value is -3.88. The number of methoxy groups -OCH3 is 1. The Kier molecular flexibility index (Phi) is 7.91. The first-order valence-corrected chi connectivity index (χ1v) is 12.9. The molecule has 0 unspecified atom stereocenters. The molecule has 4 aromatic rings. The van der Waals surface area contributed by atoms with E-state index in [-0.39, 0.29) is 11.8 Å². The quantitative estimate of drug-likeness (QED) is 0.283. The van der Waals surface area contributed by atoms with Crippen molar-refractivity contribution >= 4 is 23.2 Å². The number of amides is 1. The van der Waals surface area contributed by atoms with Gasteiger partial charge in [-0.1, -0.05) is 53.2 Å². The highest BCUT2D eigenvalue weighted by Crippen LogP contribution is 2.37. The molecule has 0 aliphatic carbocycles. The Morgan fingerprint density at radius 3 is 2.55 bits per heavy atom. The van der Waals surface area contributed by atoms with Crippen molar-refractivity contribution in [2.75, 3.05) is 25.5 Å². The molecule has 5 rings (SSSR count). The number of anilines is 1. The average molecular weight is 533 g/mol. The molecule has 2 heterocycles. The van der Waals surface area contributed by atoms with Crippen LogP contribution in [0.5, 0.6) is 17.2 Å². The highest BCUT2D eigenvalue weighted by molar-refractivity contribution is 6.31. The van der Waals surface area contributed by atoms with Crippen molar-refractivity contribution in [3.63, 3.8) is 0 Å². The van der Waals surface area contributed by atoms with Crippen LogP contribution in [0.25, 0.3) is 11.4 Å². The molecule has 1 aliphatic heterocycles. The van der Waals surface area contributed by atoms with Gasteiger partial charge in [-0.3, -0.25) is 9.69 Å². The molecule has 3 aromatic carbocycles. The van der Waals surface area contributed by atoms with E-state index in [4.69, 9.17) is 25.6 Å². The number of piperidine rings is 1. The van der Waals surface area contributed by atoms with Gasteiger partial charge in [-0.25, -0.2) is 0 Å². The highest BCUT2D eigenvalue weighted by atomic mass is 35.5. The minimum absolute atomic E-state index is 0.0589. The molecule has 0 radical (unpaired) electrons. The smallest absolute Gasteiger partial charge is 0.241 e. The summed E-state index contributed by atoms with van der Waals surface area (Å²) < 4.78 is 17.0. The van der Waals surface area contributed by atoms with Crippen LogP contribution >= 0.6 is 11.6 Å². The largest absolute Gasteiger partial charge is 0.493 e. The predicted molar refractivity (Wildman–Crippen MR) is 146 cm³/mol. The number of carbonyl (C=O) groups is 1. The maximum atomic E-state index is 13.2. The van der Waals surface area contributed by atoms with E-state index >= 15 is 0 Å². The van der Waals surface area contributed by atoms with E-state index in [1.165, 1.54) is 0 Å². The van der Waals surface area contributed by atoms with Crippen molar-refractivity contribution in [3.8, 4) is 28.6 Å². The van der Waals surface area contributed by atoms with Gasteiger partial charge in [-0.15, -0.1) is 0 Å². The topological polar surface area (TPSA) is 89.7 Å². The summed E-state index contributed by atoms with van der Waals surface area (Å²) in [6.45, 7) is 4.08. The normalized spacial score (nSPS) is 14.3. The maximum absolute atomic E-state index is 13.2. The molecule has 1 amide bonds. The molecular weight excluding hydrogens is 504 g/mol. The molecule has 1 aromatic heterocycles. The van der Waals surface area contributed by atoms with Crippen molar-refractivity contribution < 1.29 is 18.8 Å². The molecule has 8 nitrogen and oxygen atoms in total. The van der Waals surface area contributed by atoms with Gasteiger partial charge in [0.05, 0.1) is 19.3 Å². The number of benzene rings is 3. The molecule has 9 heteroatoms. The minimum atomic E-state index is -0.130. The summed E-state index contributed by atoms with van der Waals surface area (Å²) in [5.41, 5.74) is 2.58. The molecule has 1 N–H and O–H groups in total. The Morgan fingerprint density at radius 2 is 1.79 bits per heavy atom. The second-order valence-electron chi connectivity index (χ2n) is 9.26. The molecule has 38 heavy (non-hydrogen) atoms. The van der Waals surface area contributed by atoms with Crippen LogP contribution in [0.2, 0.25) is 5.02 Å². The van der Waals surface area contributed by atoms with Crippen molar-refractivity contribution in [1.82, 2.24) is 15.0 Å². The number of hydrogen-bond acceptors (Lipinski definition) is 7. The lowest BCUT2D eigenvalue weighted by Gasteiger charge is -2.30. The van der Waals surface area contributed by atoms with Gasteiger partial charge < -0.3 is 19.3 Å². The molecular formula is C29H29ClN4O4. The van der Waals surface area contributed by atoms with Gasteiger partial charge in [0.15, 0.2) is 17.2 Å². The second-order valence-corrected chi connectivity index (χ2v) is 9.70. The number of ether oxygens (including phenoxy) is 2. The van der Waals surface area contributed by atoms with Crippen LogP contribution in [0.1, 0.15) is 24.3 Å². The van der Waals surface area contributed by atoms with E-state index in [0.29, 0.717) is 59.1 Å². The number of rotatable bonds is 8. The number of para-hydroxylation sites is 2. The van der Waals surface area contributed by atoms with Crippen LogP contribution in [0.4, 0.5) is 5.69 Å². The Labute approximate surface area is 226 Å². The highest BCUT2D eigenvalue weighted by Gasteiger charge is 2.27. The summed E-state index contributed by atoms with van der Waals surface area (Å²) in [6.07, 6.45) is 1.43. The summed E-state index contributed by atoms with van der Waals surface area (Å²) in [5.74, 6) is 2.62. The van der Waals surface area contributed by atoms with E-state index in [0.717, 1.165) is 24.2 Å².